The smallest absolute Gasteiger partial charge is 0.258 e. The molecule has 0 saturated carbocycles. The van der Waals surface area contributed by atoms with Gasteiger partial charge in [-0.3, -0.25) is 18.9 Å². The quantitative estimate of drug-likeness (QED) is 0.805. The van der Waals surface area contributed by atoms with Crippen LogP contribution in [0.3, 0.4) is 0 Å². The van der Waals surface area contributed by atoms with Crippen molar-refractivity contribution in [3.63, 3.8) is 0 Å². The number of hydrogen-bond donors (Lipinski definition) is 0. The average molecular weight is 348 g/mol. The van der Waals surface area contributed by atoms with E-state index in [9.17, 15) is 9.59 Å². The molecule has 2 aromatic heterocycles. The predicted octanol–water partition coefficient (Wildman–Crippen LogP) is 0.437. The summed E-state index contributed by atoms with van der Waals surface area (Å²) < 4.78 is 6.88. The first-order chi connectivity index (χ1) is 11.7. The summed E-state index contributed by atoms with van der Waals surface area (Å²) in [6, 6.07) is 1.60. The van der Waals surface area contributed by atoms with Gasteiger partial charge in [0.1, 0.15) is 0 Å². The summed E-state index contributed by atoms with van der Waals surface area (Å²) in [5, 5.41) is 1.87. The fraction of sp³-hybridized carbons (Fsp3) is 0.562. The van der Waals surface area contributed by atoms with Crippen molar-refractivity contribution in [1.82, 2.24) is 19.2 Å². The maximum atomic E-state index is 12.4. The van der Waals surface area contributed by atoms with Gasteiger partial charge in [-0.2, -0.15) is 0 Å². The molecule has 4 rings (SSSR count). The number of carbonyl (C=O) groups excluding carboxylic acids is 1. The van der Waals surface area contributed by atoms with Crippen LogP contribution in [0, 0.1) is 5.92 Å². The summed E-state index contributed by atoms with van der Waals surface area (Å²) in [5.41, 5.74) is 0.762. The van der Waals surface area contributed by atoms with Crippen molar-refractivity contribution in [3.05, 3.63) is 33.7 Å². The van der Waals surface area contributed by atoms with Gasteiger partial charge in [-0.1, -0.05) is 0 Å². The molecule has 1 amide bonds. The third-order valence-electron chi connectivity index (χ3n) is 4.70. The van der Waals surface area contributed by atoms with Crippen LogP contribution in [-0.4, -0.2) is 64.5 Å². The van der Waals surface area contributed by atoms with E-state index < -0.39 is 0 Å². The number of ether oxygens (including phenoxy) is 1. The molecule has 24 heavy (non-hydrogen) atoms. The van der Waals surface area contributed by atoms with Gasteiger partial charge in [0.25, 0.3) is 5.56 Å². The molecule has 2 aliphatic heterocycles. The molecular weight excluding hydrogens is 328 g/mol. The Morgan fingerprint density at radius 3 is 2.92 bits per heavy atom. The molecule has 2 aromatic rings. The summed E-state index contributed by atoms with van der Waals surface area (Å²) in [5.74, 6) is 0.267. The minimum absolute atomic E-state index is 0.0358. The third-order valence-corrected chi connectivity index (χ3v) is 5.46. The molecule has 0 aromatic carbocycles. The van der Waals surface area contributed by atoms with Gasteiger partial charge >= 0.3 is 0 Å². The topological polar surface area (TPSA) is 67.2 Å². The number of amides is 1. The molecule has 2 fully saturated rings. The highest BCUT2D eigenvalue weighted by Gasteiger charge is 2.30. The normalized spacial score (nSPS) is 22.3. The standard InChI is InChI=1S/C16H20N4O3S/c21-14-9-13(17-16-20(14)6-8-24-16)10-18-2-4-19(5-3-18)15(22)12-1-7-23-11-12/h6,8-9,12H,1-5,7,10-11H2. The van der Waals surface area contributed by atoms with E-state index in [-0.39, 0.29) is 17.4 Å². The summed E-state index contributed by atoms with van der Waals surface area (Å²) in [6.45, 7) is 5.00. The molecule has 8 heteroatoms. The van der Waals surface area contributed by atoms with Crippen molar-refractivity contribution in [2.75, 3.05) is 39.4 Å². The first kappa shape index (κ1) is 15.7. The number of thiazole rings is 1. The van der Waals surface area contributed by atoms with Crippen LogP contribution in [0.5, 0.6) is 0 Å². The monoisotopic (exact) mass is 348 g/mol. The molecule has 1 atom stereocenters. The van der Waals surface area contributed by atoms with Crippen LogP contribution in [-0.2, 0) is 16.1 Å². The van der Waals surface area contributed by atoms with Crippen molar-refractivity contribution < 1.29 is 9.53 Å². The zero-order chi connectivity index (χ0) is 16.5. The number of aromatic nitrogens is 2. The lowest BCUT2D eigenvalue weighted by Crippen LogP contribution is -2.50. The van der Waals surface area contributed by atoms with Gasteiger partial charge in [-0.15, -0.1) is 11.3 Å². The minimum Gasteiger partial charge on any atom is -0.381 e. The number of fused-ring (bicyclic) bond motifs is 1. The summed E-state index contributed by atoms with van der Waals surface area (Å²) >= 11 is 1.46. The lowest BCUT2D eigenvalue weighted by Gasteiger charge is -2.35. The molecule has 128 valence electrons. The van der Waals surface area contributed by atoms with Gasteiger partial charge in [0, 0.05) is 57.0 Å². The van der Waals surface area contributed by atoms with Crippen LogP contribution in [0.1, 0.15) is 12.1 Å². The average Bonchev–Trinajstić information content (AvgIpc) is 3.26. The molecule has 2 saturated heterocycles. The maximum Gasteiger partial charge on any atom is 0.258 e. The van der Waals surface area contributed by atoms with Gasteiger partial charge in [0.15, 0.2) is 4.96 Å². The van der Waals surface area contributed by atoms with Gasteiger partial charge in [0.2, 0.25) is 5.91 Å². The Kier molecular flexibility index (Phi) is 4.34. The predicted molar refractivity (Wildman–Crippen MR) is 90.1 cm³/mol. The van der Waals surface area contributed by atoms with Crippen LogP contribution in [0.2, 0.25) is 0 Å². The van der Waals surface area contributed by atoms with E-state index in [4.69, 9.17) is 4.74 Å². The van der Waals surface area contributed by atoms with E-state index in [1.165, 1.54) is 11.3 Å². The van der Waals surface area contributed by atoms with E-state index in [2.05, 4.69) is 9.88 Å². The molecule has 7 nitrogen and oxygen atoms in total. The zero-order valence-corrected chi connectivity index (χ0v) is 14.2. The van der Waals surface area contributed by atoms with E-state index in [0.717, 1.165) is 43.3 Å². The first-order valence-electron chi connectivity index (χ1n) is 8.25. The maximum absolute atomic E-state index is 12.4. The van der Waals surface area contributed by atoms with Crippen LogP contribution >= 0.6 is 11.3 Å². The second-order valence-electron chi connectivity index (χ2n) is 6.30. The lowest BCUT2D eigenvalue weighted by atomic mass is 10.1. The Balaban J connectivity index is 1.37. The first-order valence-corrected chi connectivity index (χ1v) is 9.13. The summed E-state index contributed by atoms with van der Waals surface area (Å²) in [6.07, 6.45) is 2.59. The highest BCUT2D eigenvalue weighted by molar-refractivity contribution is 7.15. The number of carbonyl (C=O) groups is 1. The van der Waals surface area contributed by atoms with Crippen molar-refractivity contribution in [2.24, 2.45) is 5.92 Å². The van der Waals surface area contributed by atoms with Gasteiger partial charge in [-0.25, -0.2) is 4.98 Å². The van der Waals surface area contributed by atoms with E-state index in [1.807, 2.05) is 10.3 Å². The van der Waals surface area contributed by atoms with Crippen LogP contribution in [0.4, 0.5) is 0 Å². The highest BCUT2D eigenvalue weighted by atomic mass is 32.1. The number of hydrogen-bond acceptors (Lipinski definition) is 6. The molecule has 4 heterocycles. The van der Waals surface area contributed by atoms with E-state index in [1.54, 1.807) is 16.7 Å². The molecular formula is C16H20N4O3S. The van der Waals surface area contributed by atoms with Crippen molar-refractivity contribution in [1.29, 1.82) is 0 Å². The number of piperazine rings is 1. The number of rotatable bonds is 3. The van der Waals surface area contributed by atoms with E-state index in [0.29, 0.717) is 19.8 Å². The second kappa shape index (κ2) is 6.62. The Morgan fingerprint density at radius 1 is 1.33 bits per heavy atom. The third kappa shape index (κ3) is 3.09. The molecule has 0 radical (unpaired) electrons. The van der Waals surface area contributed by atoms with Crippen molar-refractivity contribution >= 4 is 22.2 Å². The van der Waals surface area contributed by atoms with Gasteiger partial charge < -0.3 is 9.64 Å². The SMILES string of the molecule is O=C(C1CCOC1)N1CCN(Cc2cc(=O)n3ccsc3n2)CC1. The second-order valence-corrected chi connectivity index (χ2v) is 7.18. The van der Waals surface area contributed by atoms with Crippen LogP contribution < -0.4 is 5.56 Å². The van der Waals surface area contributed by atoms with Gasteiger partial charge in [-0.05, 0) is 6.42 Å². The molecule has 2 aliphatic rings. The Bertz CT molecular complexity index is 788. The highest BCUT2D eigenvalue weighted by Crippen LogP contribution is 2.17. The Labute approximate surface area is 143 Å². The zero-order valence-electron chi connectivity index (χ0n) is 13.4. The Morgan fingerprint density at radius 2 is 2.17 bits per heavy atom. The molecule has 0 spiro atoms. The summed E-state index contributed by atoms with van der Waals surface area (Å²) in [7, 11) is 0. The fourth-order valence-corrected chi connectivity index (χ4v) is 4.05. The molecule has 0 aliphatic carbocycles. The molecule has 1 unspecified atom stereocenters. The van der Waals surface area contributed by atoms with E-state index >= 15 is 0 Å². The number of nitrogens with zero attached hydrogens (tertiary/aromatic N) is 4. The molecule has 0 bridgehead atoms. The van der Waals surface area contributed by atoms with Crippen LogP contribution in [0.25, 0.3) is 4.96 Å². The largest absolute Gasteiger partial charge is 0.381 e. The van der Waals surface area contributed by atoms with Crippen molar-refractivity contribution in [2.45, 2.75) is 13.0 Å². The van der Waals surface area contributed by atoms with Crippen LogP contribution in [0.15, 0.2) is 22.4 Å². The minimum atomic E-state index is -0.0358. The Hall–Kier alpha value is -1.77. The van der Waals surface area contributed by atoms with Gasteiger partial charge in [0.05, 0.1) is 18.2 Å². The fourth-order valence-electron chi connectivity index (χ4n) is 3.31. The van der Waals surface area contributed by atoms with Crippen molar-refractivity contribution in [3.8, 4) is 0 Å². The molecule has 0 N–H and O–H groups in total. The summed E-state index contributed by atoms with van der Waals surface area (Å²) in [4.78, 5) is 33.9. The lowest BCUT2D eigenvalue weighted by molar-refractivity contribution is -0.137.